The van der Waals surface area contributed by atoms with Crippen LogP contribution in [0, 0.1) is 5.41 Å². The Morgan fingerprint density at radius 3 is 2.52 bits per heavy atom. The number of hydrogen-bond donors (Lipinski definition) is 0. The Labute approximate surface area is 180 Å². The normalized spacial score (nSPS) is 46.7. The molecule has 2 bridgehead atoms. The van der Waals surface area contributed by atoms with Crippen molar-refractivity contribution in [1.82, 2.24) is 0 Å². The van der Waals surface area contributed by atoms with Crippen LogP contribution < -0.4 is 0 Å². The van der Waals surface area contributed by atoms with Crippen LogP contribution in [-0.4, -0.2) is 80.1 Å². The molecule has 5 aliphatic heterocycles. The fourth-order valence-corrected chi connectivity index (χ4v) is 5.00. The van der Waals surface area contributed by atoms with E-state index in [1.165, 1.54) is 13.2 Å². The number of carbonyl (C=O) groups is 2. The van der Waals surface area contributed by atoms with E-state index in [1.807, 2.05) is 13.8 Å². The monoisotopic (exact) mass is 440 g/mol. The first-order chi connectivity index (χ1) is 14.5. The lowest BCUT2D eigenvalue weighted by Gasteiger charge is -2.45. The highest BCUT2D eigenvalue weighted by Gasteiger charge is 2.64. The quantitative estimate of drug-likeness (QED) is 0.354. The molecule has 0 radical (unpaired) electrons. The van der Waals surface area contributed by atoms with Crippen molar-refractivity contribution in [2.75, 3.05) is 13.7 Å². The van der Waals surface area contributed by atoms with E-state index < -0.39 is 71.8 Å². The van der Waals surface area contributed by atoms with Gasteiger partial charge in [-0.2, -0.15) is 0 Å². The van der Waals surface area contributed by atoms with Gasteiger partial charge in [-0.25, -0.2) is 0 Å². The first-order valence-electron chi connectivity index (χ1n) is 10.5. The first-order valence-corrected chi connectivity index (χ1v) is 10.5. The Morgan fingerprint density at radius 2 is 1.87 bits per heavy atom. The van der Waals surface area contributed by atoms with E-state index in [4.69, 9.17) is 37.9 Å². The van der Waals surface area contributed by atoms with Gasteiger partial charge in [0.25, 0.3) is 0 Å². The van der Waals surface area contributed by atoms with Gasteiger partial charge in [-0.15, -0.1) is 0 Å². The number of carbonyl (C=O) groups excluding carboxylic acids is 2. The third-order valence-electron chi connectivity index (χ3n) is 6.39. The van der Waals surface area contributed by atoms with Gasteiger partial charge in [0.2, 0.25) is 5.41 Å². The molecule has 0 saturated carbocycles. The molecule has 31 heavy (non-hydrogen) atoms. The van der Waals surface area contributed by atoms with E-state index in [0.717, 1.165) is 0 Å². The molecule has 0 aromatic heterocycles. The lowest BCUT2D eigenvalue weighted by atomic mass is 9.73. The van der Waals surface area contributed by atoms with Crippen molar-refractivity contribution in [3.8, 4) is 0 Å². The van der Waals surface area contributed by atoms with Gasteiger partial charge in [-0.3, -0.25) is 9.59 Å². The third kappa shape index (κ3) is 3.32. The maximum Gasteiger partial charge on any atom is 0.330 e. The number of fused-ring (bicyclic) bond motifs is 3. The van der Waals surface area contributed by atoms with Crippen LogP contribution in [0.25, 0.3) is 0 Å². The molecule has 10 nitrogen and oxygen atoms in total. The fourth-order valence-electron chi connectivity index (χ4n) is 5.00. The summed E-state index contributed by atoms with van der Waals surface area (Å²) in [7, 11) is 1.23. The Balaban J connectivity index is 1.45. The van der Waals surface area contributed by atoms with Gasteiger partial charge in [0, 0.05) is 6.42 Å². The minimum absolute atomic E-state index is 0.303. The number of methoxy groups -OCH3 is 1. The SMILES string of the molecule is COC(=O)[C@]12C=C[C@H](C[C@@H]1O[C@@H]1[C@H]3OC(C)(C)O[C@H]3O[C@@H]1[C@H]1COC(C)(C)O1)OC2=O. The summed E-state index contributed by atoms with van der Waals surface area (Å²) in [6.07, 6.45) is -0.662. The maximum atomic E-state index is 12.7. The van der Waals surface area contributed by atoms with Crippen molar-refractivity contribution in [3.05, 3.63) is 12.2 Å². The summed E-state index contributed by atoms with van der Waals surface area (Å²) >= 11 is 0. The minimum Gasteiger partial charge on any atom is -0.468 e. The molecule has 4 fully saturated rings. The molecule has 5 heterocycles. The van der Waals surface area contributed by atoms with Crippen molar-refractivity contribution >= 4 is 11.9 Å². The number of ether oxygens (including phenoxy) is 8. The lowest BCUT2D eigenvalue weighted by Crippen LogP contribution is -2.60. The Morgan fingerprint density at radius 1 is 1.10 bits per heavy atom. The molecule has 0 aromatic carbocycles. The molecule has 8 atom stereocenters. The van der Waals surface area contributed by atoms with Gasteiger partial charge in [-0.05, 0) is 33.8 Å². The molecule has 6 aliphatic rings. The van der Waals surface area contributed by atoms with Crippen molar-refractivity contribution in [2.45, 2.75) is 88.6 Å². The van der Waals surface area contributed by atoms with Gasteiger partial charge in [0.05, 0.1) is 19.8 Å². The summed E-state index contributed by atoms with van der Waals surface area (Å²) in [4.78, 5) is 25.4. The molecule has 0 amide bonds. The van der Waals surface area contributed by atoms with Crippen LogP contribution in [0.5, 0.6) is 0 Å². The van der Waals surface area contributed by atoms with Crippen LogP contribution in [0.3, 0.4) is 0 Å². The molecule has 172 valence electrons. The summed E-state index contributed by atoms with van der Waals surface area (Å²) in [6, 6.07) is 0. The number of hydrogen-bond acceptors (Lipinski definition) is 10. The highest BCUT2D eigenvalue weighted by atomic mass is 16.8. The second-order valence-electron chi connectivity index (χ2n) is 9.42. The smallest absolute Gasteiger partial charge is 0.330 e. The van der Waals surface area contributed by atoms with Crippen LogP contribution in [0.1, 0.15) is 34.1 Å². The molecule has 0 spiro atoms. The van der Waals surface area contributed by atoms with Crippen molar-refractivity contribution < 1.29 is 47.5 Å². The van der Waals surface area contributed by atoms with Crippen molar-refractivity contribution in [1.29, 1.82) is 0 Å². The average molecular weight is 440 g/mol. The number of rotatable bonds is 4. The van der Waals surface area contributed by atoms with Crippen molar-refractivity contribution in [2.24, 2.45) is 5.41 Å². The zero-order valence-corrected chi connectivity index (χ0v) is 18.2. The van der Waals surface area contributed by atoms with Crippen LogP contribution in [0.2, 0.25) is 0 Å². The molecule has 0 unspecified atom stereocenters. The summed E-state index contributed by atoms with van der Waals surface area (Å²) in [5.74, 6) is -3.03. The average Bonchev–Trinajstić information content (AvgIpc) is 3.31. The predicted molar refractivity (Wildman–Crippen MR) is 100 cm³/mol. The maximum absolute atomic E-state index is 12.7. The van der Waals surface area contributed by atoms with E-state index >= 15 is 0 Å². The van der Waals surface area contributed by atoms with E-state index in [-0.39, 0.29) is 0 Å². The lowest BCUT2D eigenvalue weighted by molar-refractivity contribution is -0.247. The summed E-state index contributed by atoms with van der Waals surface area (Å²) < 4.78 is 46.6. The second-order valence-corrected chi connectivity index (χ2v) is 9.42. The van der Waals surface area contributed by atoms with Gasteiger partial charge < -0.3 is 37.9 Å². The van der Waals surface area contributed by atoms with E-state index in [0.29, 0.717) is 13.0 Å². The van der Waals surface area contributed by atoms with E-state index in [9.17, 15) is 9.59 Å². The largest absolute Gasteiger partial charge is 0.468 e. The zero-order valence-electron chi connectivity index (χ0n) is 18.2. The molecule has 0 aromatic rings. The minimum atomic E-state index is -1.67. The molecule has 6 rings (SSSR count). The molecular weight excluding hydrogens is 412 g/mol. The predicted octanol–water partition coefficient (Wildman–Crippen LogP) is 0.813. The molecule has 1 aliphatic carbocycles. The topological polar surface area (TPSA) is 108 Å². The first kappa shape index (κ1) is 21.3. The van der Waals surface area contributed by atoms with E-state index in [2.05, 4.69) is 0 Å². The van der Waals surface area contributed by atoms with Crippen LogP contribution in [-0.2, 0) is 47.5 Å². The molecule has 10 heteroatoms. The van der Waals surface area contributed by atoms with Crippen LogP contribution in [0.15, 0.2) is 12.2 Å². The van der Waals surface area contributed by atoms with Gasteiger partial charge >= 0.3 is 11.9 Å². The van der Waals surface area contributed by atoms with Crippen molar-refractivity contribution in [3.63, 3.8) is 0 Å². The standard InChI is InChI=1S/C21H28O10/c1-19(2)25-9-11(29-19)13-14(15-16(28-13)31-20(3,4)30-15)27-12-8-10-6-7-21(12,17(22)24-5)18(23)26-10/h6-7,10-16H,8-9H2,1-5H3/t10-,11-,12+,13-,14+,15-,16-,21+/m1/s1. The van der Waals surface area contributed by atoms with E-state index in [1.54, 1.807) is 19.9 Å². The van der Waals surface area contributed by atoms with Crippen LogP contribution in [0.4, 0.5) is 0 Å². The van der Waals surface area contributed by atoms with Crippen LogP contribution >= 0.6 is 0 Å². The summed E-state index contributed by atoms with van der Waals surface area (Å²) in [5, 5.41) is 0. The third-order valence-corrected chi connectivity index (χ3v) is 6.39. The van der Waals surface area contributed by atoms with Gasteiger partial charge in [0.1, 0.15) is 30.5 Å². The highest BCUT2D eigenvalue weighted by Crippen LogP contribution is 2.47. The Bertz CT molecular complexity index is 806. The fraction of sp³-hybridized carbons (Fsp3) is 0.810. The molecule has 0 N–H and O–H groups in total. The van der Waals surface area contributed by atoms with Gasteiger partial charge in [0.15, 0.2) is 17.9 Å². The summed E-state index contributed by atoms with van der Waals surface area (Å²) in [6.45, 7) is 7.52. The number of esters is 2. The molecule has 4 saturated heterocycles. The molecular formula is C21H28O10. The second kappa shape index (κ2) is 6.97. The Hall–Kier alpha value is -1.56. The Kier molecular flexibility index (Phi) is 4.79. The highest BCUT2D eigenvalue weighted by molar-refractivity contribution is 6.04. The zero-order chi connectivity index (χ0) is 22.2. The van der Waals surface area contributed by atoms with Gasteiger partial charge in [-0.1, -0.05) is 6.08 Å². The summed E-state index contributed by atoms with van der Waals surface area (Å²) in [5.41, 5.74) is -1.67.